The molecule has 2 aliphatic rings. The zero-order valence-electron chi connectivity index (χ0n) is 46.9. The molecule has 8 aromatic carbocycles. The molecule has 17 heteroatoms. The molecule has 16 nitrogen and oxygen atoms in total. The second kappa shape index (κ2) is 31.8. The maximum absolute atomic E-state index is 16.2. The summed E-state index contributed by atoms with van der Waals surface area (Å²) < 4.78 is 92.6. The highest BCUT2D eigenvalue weighted by Gasteiger charge is 2.59. The Bertz CT molecular complexity index is 3230. The van der Waals surface area contributed by atoms with Crippen molar-refractivity contribution in [3.8, 4) is 0 Å². The first-order chi connectivity index (χ1) is 41.9. The summed E-state index contributed by atoms with van der Waals surface area (Å²) in [5, 5.41) is 15.8. The van der Waals surface area contributed by atoms with Crippen molar-refractivity contribution in [1.29, 1.82) is 0 Å². The number of hydrogen-bond acceptors (Lipinski definition) is 14. The normalized spacial score (nSPS) is 23.2. The summed E-state index contributed by atoms with van der Waals surface area (Å²) in [5.74, 6) is 0. The molecule has 11 atom stereocenters. The van der Waals surface area contributed by atoms with Crippen LogP contribution in [0.25, 0.3) is 10.4 Å². The van der Waals surface area contributed by atoms with E-state index in [1.807, 2.05) is 243 Å². The third kappa shape index (κ3) is 17.5. The topological polar surface area (TPSA) is 188 Å². The van der Waals surface area contributed by atoms with Gasteiger partial charge in [0.25, 0.3) is 0 Å². The molecule has 1 aliphatic carbocycles. The van der Waals surface area contributed by atoms with Gasteiger partial charge in [-0.3, -0.25) is 13.6 Å². The van der Waals surface area contributed by atoms with Crippen LogP contribution < -0.4 is 0 Å². The van der Waals surface area contributed by atoms with Crippen LogP contribution in [0.5, 0.6) is 0 Å². The van der Waals surface area contributed by atoms with E-state index in [9.17, 15) is 10.6 Å². The highest BCUT2D eigenvalue weighted by atomic mass is 31.2. The minimum atomic E-state index is -4.80. The van der Waals surface area contributed by atoms with Crippen molar-refractivity contribution in [3.05, 3.63) is 298 Å². The average molecular weight is 1170 g/mol. The fourth-order valence-electron chi connectivity index (χ4n) is 10.3. The number of azide groups is 1. The smallest absolute Gasteiger partial charge is 0.394 e. The van der Waals surface area contributed by atoms with Crippen LogP contribution in [-0.2, 0) is 109 Å². The van der Waals surface area contributed by atoms with Crippen LogP contribution in [0, 0.1) is 0 Å². The van der Waals surface area contributed by atoms with E-state index in [4.69, 9.17) is 51.5 Å². The number of ether oxygens (including phenoxy) is 8. The van der Waals surface area contributed by atoms with Gasteiger partial charge < -0.3 is 43.0 Å². The van der Waals surface area contributed by atoms with Crippen LogP contribution >= 0.6 is 7.82 Å². The van der Waals surface area contributed by atoms with Gasteiger partial charge in [0.05, 0.1) is 59.5 Å². The lowest BCUT2D eigenvalue weighted by atomic mass is 9.83. The molecule has 2 fully saturated rings. The molecular formula is C68H70N3O13P. The Morgan fingerprint density at radius 1 is 0.376 bits per heavy atom. The van der Waals surface area contributed by atoms with E-state index in [2.05, 4.69) is 10.0 Å². The van der Waals surface area contributed by atoms with Crippen molar-refractivity contribution < 1.29 is 61.1 Å². The first-order valence-corrected chi connectivity index (χ1v) is 29.9. The second-order valence-corrected chi connectivity index (χ2v) is 22.2. The van der Waals surface area contributed by atoms with Gasteiger partial charge in [-0.05, 0) is 50.0 Å². The van der Waals surface area contributed by atoms with Crippen molar-refractivity contribution in [2.75, 3.05) is 6.61 Å². The molecule has 1 heterocycles. The Morgan fingerprint density at radius 2 is 0.647 bits per heavy atom. The summed E-state index contributed by atoms with van der Waals surface area (Å²) in [6.45, 7) is -0.594. The average Bonchev–Trinajstić information content (AvgIpc) is 2.55. The first-order valence-electron chi connectivity index (χ1n) is 28.5. The number of phosphoric ester groups is 1. The fourth-order valence-corrected chi connectivity index (χ4v) is 11.7. The first kappa shape index (κ1) is 60.9. The summed E-state index contributed by atoms with van der Waals surface area (Å²) in [6.07, 6.45) is -12.4. The Kier molecular flexibility index (Phi) is 22.8. The van der Waals surface area contributed by atoms with Crippen molar-refractivity contribution in [2.24, 2.45) is 5.11 Å². The zero-order valence-corrected chi connectivity index (χ0v) is 47.8. The van der Waals surface area contributed by atoms with Gasteiger partial charge in [0.2, 0.25) is 0 Å². The molecule has 0 spiro atoms. The lowest BCUT2D eigenvalue weighted by Crippen LogP contribution is -2.69. The number of aliphatic hydroxyl groups is 1. The predicted molar refractivity (Wildman–Crippen MR) is 319 cm³/mol. The van der Waals surface area contributed by atoms with E-state index in [-0.39, 0.29) is 52.9 Å². The molecule has 440 valence electrons. The molecule has 1 aliphatic heterocycles. The van der Waals surface area contributed by atoms with E-state index in [1.54, 1.807) is 0 Å². The molecule has 0 radical (unpaired) electrons. The van der Waals surface area contributed by atoms with Gasteiger partial charge in [-0.25, -0.2) is 4.57 Å². The van der Waals surface area contributed by atoms with Crippen molar-refractivity contribution in [3.63, 3.8) is 0 Å². The second-order valence-electron chi connectivity index (χ2n) is 20.6. The maximum Gasteiger partial charge on any atom is 0.475 e. The predicted octanol–water partition coefficient (Wildman–Crippen LogP) is 13.2. The van der Waals surface area contributed by atoms with Crippen LogP contribution in [-0.4, -0.2) is 79.0 Å². The molecular weight excluding hydrogens is 1100 g/mol. The van der Waals surface area contributed by atoms with E-state index >= 15 is 4.57 Å². The SMILES string of the molecule is [N-]=[N+]=N[C@H]1[C@@H](O[C@@H]2[C@H](OCc3ccccc3)[C@@H](OCc3ccccc3)[C@H](OCc3ccccc3)[C@@H](OCc3ccccc3)[C@H]2OP(=O)(OCc2ccccc2)OCc2ccccc2)O[C@H](CO)[C@@H](OCc2ccccc2)[C@@H]1OCc1ccccc1. The van der Waals surface area contributed by atoms with Crippen molar-refractivity contribution >= 4 is 7.82 Å². The molecule has 1 N–H and O–H groups in total. The van der Waals surface area contributed by atoms with Crippen molar-refractivity contribution in [2.45, 2.75) is 120 Å². The molecule has 0 aromatic heterocycles. The van der Waals surface area contributed by atoms with Gasteiger partial charge in [-0.1, -0.05) is 248 Å². The third-order valence-electron chi connectivity index (χ3n) is 14.6. The Balaban J connectivity index is 1.13. The Hall–Kier alpha value is -7.18. The molecule has 85 heavy (non-hydrogen) atoms. The molecule has 0 unspecified atom stereocenters. The lowest BCUT2D eigenvalue weighted by Gasteiger charge is -2.52. The highest BCUT2D eigenvalue weighted by Crippen LogP contribution is 2.55. The third-order valence-corrected chi connectivity index (χ3v) is 16.0. The number of rotatable bonds is 30. The zero-order chi connectivity index (χ0) is 58.3. The van der Waals surface area contributed by atoms with Crippen LogP contribution in [0.3, 0.4) is 0 Å². The molecule has 0 bridgehead atoms. The largest absolute Gasteiger partial charge is 0.475 e. The molecule has 1 saturated heterocycles. The monoisotopic (exact) mass is 1170 g/mol. The van der Waals surface area contributed by atoms with Gasteiger partial charge in [0, 0.05) is 4.91 Å². The van der Waals surface area contributed by atoms with Crippen LogP contribution in [0.4, 0.5) is 0 Å². The molecule has 1 saturated carbocycles. The van der Waals surface area contributed by atoms with E-state index in [0.717, 1.165) is 33.4 Å². The van der Waals surface area contributed by atoms with Gasteiger partial charge in [0.15, 0.2) is 6.29 Å². The maximum atomic E-state index is 16.2. The van der Waals surface area contributed by atoms with Gasteiger partial charge in [-0.15, -0.1) is 0 Å². The van der Waals surface area contributed by atoms with Crippen molar-refractivity contribution in [1.82, 2.24) is 0 Å². The summed E-state index contributed by atoms with van der Waals surface area (Å²) in [7, 11) is -4.80. The highest BCUT2D eigenvalue weighted by molar-refractivity contribution is 7.48. The minimum Gasteiger partial charge on any atom is -0.394 e. The Labute approximate surface area is 496 Å². The summed E-state index contributed by atoms with van der Waals surface area (Å²) >= 11 is 0. The number of benzene rings is 8. The number of hydrogen-bond donors (Lipinski definition) is 1. The number of nitrogens with zero attached hydrogens (tertiary/aromatic N) is 3. The fraction of sp³-hybridized carbons (Fsp3) is 0.294. The van der Waals surface area contributed by atoms with Crippen LogP contribution in [0.1, 0.15) is 44.5 Å². The van der Waals surface area contributed by atoms with Gasteiger partial charge in [-0.2, -0.15) is 0 Å². The quantitative estimate of drug-likeness (QED) is 0.0194. The van der Waals surface area contributed by atoms with Gasteiger partial charge >= 0.3 is 7.82 Å². The summed E-state index contributed by atoms with van der Waals surface area (Å²) in [4.78, 5) is 3.36. The minimum absolute atomic E-state index is 0.00791. The van der Waals surface area contributed by atoms with Gasteiger partial charge in [0.1, 0.15) is 61.0 Å². The van der Waals surface area contributed by atoms with E-state index < -0.39 is 81.7 Å². The van der Waals surface area contributed by atoms with E-state index in [0.29, 0.717) is 11.1 Å². The number of phosphoric acid groups is 1. The molecule has 0 amide bonds. The summed E-state index contributed by atoms with van der Waals surface area (Å²) in [6, 6.07) is 74.9. The summed E-state index contributed by atoms with van der Waals surface area (Å²) in [5.41, 5.74) is 17.0. The molecule has 10 rings (SSSR count). The standard InChI is InChI=1S/C68H70N3O13P/c69-71-70-59-61(75-43-51-27-11-2-12-28-51)60(74-42-50-25-9-1-10-26-50)58(41-72)82-68(59)83-66-64(78-46-54-33-17-5-18-34-54)62(76-44-52-29-13-3-14-30-52)63(77-45-53-31-15-4-16-32-53)65(79-47-55-35-19-6-20-36-55)67(66)84-85(73,80-48-56-37-21-7-22-38-56)81-49-57-39-23-8-24-40-57/h1-40,58-68,72H,41-49H2/t58-,59-,60-,61-,62+,63+,64-,65-,66-,67-,68-/m1/s1. The van der Waals surface area contributed by atoms with Crippen LogP contribution in [0.2, 0.25) is 0 Å². The van der Waals surface area contributed by atoms with E-state index in [1.165, 1.54) is 0 Å². The van der Waals surface area contributed by atoms with Crippen LogP contribution in [0.15, 0.2) is 248 Å². The lowest BCUT2D eigenvalue weighted by molar-refractivity contribution is -0.336. The Morgan fingerprint density at radius 3 is 0.953 bits per heavy atom. The number of aliphatic hydroxyl groups excluding tert-OH is 1. The molecule has 8 aromatic rings.